The minimum absolute atomic E-state index is 0.152. The molecule has 0 saturated carbocycles. The van der Waals surface area contributed by atoms with Crippen molar-refractivity contribution in [3.8, 4) is 11.3 Å². The first kappa shape index (κ1) is 24.1. The van der Waals surface area contributed by atoms with Gasteiger partial charge in [0.15, 0.2) is 0 Å². The van der Waals surface area contributed by atoms with Crippen LogP contribution in [0.2, 0.25) is 5.15 Å². The molecule has 0 saturated heterocycles. The molecular formula is C29H26ClN7O. The predicted molar refractivity (Wildman–Crippen MR) is 147 cm³/mol. The van der Waals surface area contributed by atoms with Crippen molar-refractivity contribution >= 4 is 34.2 Å². The highest BCUT2D eigenvalue weighted by Crippen LogP contribution is 2.37. The molecule has 1 amide bonds. The molecule has 1 unspecified atom stereocenters. The number of nitrogens with zero attached hydrogens (tertiary/aromatic N) is 4. The molecule has 0 aliphatic heterocycles. The van der Waals surface area contributed by atoms with Crippen molar-refractivity contribution in [2.75, 3.05) is 5.73 Å². The highest BCUT2D eigenvalue weighted by molar-refractivity contribution is 6.32. The van der Waals surface area contributed by atoms with Gasteiger partial charge in [0.25, 0.3) is 0 Å². The molecule has 5 N–H and O–H groups in total. The molecule has 0 fully saturated rings. The maximum Gasteiger partial charge on any atom is 0.220 e. The van der Waals surface area contributed by atoms with Crippen LogP contribution in [0.4, 0.5) is 5.82 Å². The summed E-state index contributed by atoms with van der Waals surface area (Å²) in [4.78, 5) is 33.5. The Hall–Kier alpha value is -4.30. The first-order chi connectivity index (χ1) is 18.5. The summed E-state index contributed by atoms with van der Waals surface area (Å²) in [5, 5.41) is 1.22. The zero-order valence-electron chi connectivity index (χ0n) is 20.6. The smallest absolute Gasteiger partial charge is 0.220 e. The summed E-state index contributed by atoms with van der Waals surface area (Å²) in [6.45, 7) is 0. The number of benzene rings is 2. The molecule has 2 aromatic carbocycles. The number of halogens is 1. The molecular weight excluding hydrogens is 498 g/mol. The van der Waals surface area contributed by atoms with E-state index in [4.69, 9.17) is 33.0 Å². The third-order valence-electron chi connectivity index (χ3n) is 7.36. The summed E-state index contributed by atoms with van der Waals surface area (Å²) in [6.07, 6.45) is 6.03. The average molecular weight is 524 g/mol. The summed E-state index contributed by atoms with van der Waals surface area (Å²) >= 11 is 6.75. The number of aromatic amines is 1. The van der Waals surface area contributed by atoms with Crippen molar-refractivity contribution in [2.24, 2.45) is 11.7 Å². The van der Waals surface area contributed by atoms with Crippen molar-refractivity contribution in [3.05, 3.63) is 100 Å². The fraction of sp³-hybridized carbons (Fsp3) is 0.207. The monoisotopic (exact) mass is 523 g/mol. The average Bonchev–Trinajstić information content (AvgIpc) is 3.32. The van der Waals surface area contributed by atoms with Gasteiger partial charge in [-0.15, -0.1) is 0 Å². The second-order valence-corrected chi connectivity index (χ2v) is 10.1. The summed E-state index contributed by atoms with van der Waals surface area (Å²) < 4.78 is 0. The van der Waals surface area contributed by atoms with E-state index in [0.717, 1.165) is 51.1 Å². The largest absolute Gasteiger partial charge is 0.383 e. The third kappa shape index (κ3) is 4.48. The number of pyridine rings is 1. The van der Waals surface area contributed by atoms with Gasteiger partial charge in [-0.25, -0.2) is 15.0 Å². The Bertz CT molecular complexity index is 1650. The third-order valence-corrected chi connectivity index (χ3v) is 7.63. The van der Waals surface area contributed by atoms with Gasteiger partial charge >= 0.3 is 0 Å². The van der Waals surface area contributed by atoms with Crippen LogP contribution < -0.4 is 11.5 Å². The number of aromatic nitrogens is 5. The highest BCUT2D eigenvalue weighted by Gasteiger charge is 2.30. The van der Waals surface area contributed by atoms with Gasteiger partial charge in [-0.05, 0) is 60.6 Å². The van der Waals surface area contributed by atoms with Gasteiger partial charge in [0.1, 0.15) is 28.8 Å². The van der Waals surface area contributed by atoms with Crippen LogP contribution in [0, 0.1) is 5.92 Å². The molecule has 1 aliphatic rings. The number of hydrogen-bond acceptors (Lipinski definition) is 6. The lowest BCUT2D eigenvalue weighted by Gasteiger charge is -2.26. The second kappa shape index (κ2) is 9.87. The van der Waals surface area contributed by atoms with Gasteiger partial charge in [-0.1, -0.05) is 48.0 Å². The van der Waals surface area contributed by atoms with E-state index in [2.05, 4.69) is 27.1 Å². The molecule has 0 bridgehead atoms. The Kier molecular flexibility index (Phi) is 6.25. The van der Waals surface area contributed by atoms with Crippen LogP contribution in [-0.4, -0.2) is 30.8 Å². The van der Waals surface area contributed by atoms with E-state index in [1.54, 1.807) is 0 Å². The normalized spacial score (nSPS) is 15.8. The van der Waals surface area contributed by atoms with Gasteiger partial charge in [0, 0.05) is 23.1 Å². The predicted octanol–water partition coefficient (Wildman–Crippen LogP) is 4.62. The maximum absolute atomic E-state index is 11.9. The summed E-state index contributed by atoms with van der Waals surface area (Å²) in [5.74, 6) is 0.591. The molecule has 3 heterocycles. The fourth-order valence-corrected chi connectivity index (χ4v) is 5.63. The molecule has 3 aromatic heterocycles. The minimum atomic E-state index is -0.250. The number of anilines is 1. The lowest BCUT2D eigenvalue weighted by molar-refractivity contribution is -0.122. The highest BCUT2D eigenvalue weighted by atomic mass is 35.5. The van der Waals surface area contributed by atoms with E-state index in [0.29, 0.717) is 35.9 Å². The standard InChI is InChI=1S/C29H26ClN7O/c30-26-24(18-6-9-21-23(14-18)34-15-35-27(21)31)36-29(37-26)22(12-16-4-2-1-3-5-16)25-20-8-7-19(28(32)38)13-17(20)10-11-33-25/h1-6,9-11,14-15,19,22H,7-8,12-13H2,(H2,32,38)(H,36,37)(H2,31,34,35)/t19?,22-/m0/s1. The number of carbonyl (C=O) groups is 1. The Labute approximate surface area is 224 Å². The van der Waals surface area contributed by atoms with Crippen LogP contribution in [0.5, 0.6) is 0 Å². The number of rotatable bonds is 6. The Morgan fingerprint density at radius 2 is 1.95 bits per heavy atom. The molecule has 1 aliphatic carbocycles. The number of nitrogen functional groups attached to an aromatic ring is 1. The topological polar surface area (TPSA) is 136 Å². The van der Waals surface area contributed by atoms with Crippen molar-refractivity contribution < 1.29 is 4.79 Å². The maximum atomic E-state index is 11.9. The Balaban J connectivity index is 1.44. The molecule has 38 heavy (non-hydrogen) atoms. The number of hydrogen-bond donors (Lipinski definition) is 3. The SMILES string of the molecule is NC(=O)C1CCc2c(ccnc2[C@H](Cc2ccccc2)c2nc(-c3ccc4c(N)ncnc4c3)c(Cl)[nH]2)C1. The van der Waals surface area contributed by atoms with Crippen LogP contribution in [0.3, 0.4) is 0 Å². The fourth-order valence-electron chi connectivity index (χ4n) is 5.38. The summed E-state index contributed by atoms with van der Waals surface area (Å²) in [5.41, 5.74) is 18.2. The van der Waals surface area contributed by atoms with Crippen LogP contribution in [-0.2, 0) is 24.1 Å². The number of carbonyl (C=O) groups excluding carboxylic acids is 1. The van der Waals surface area contributed by atoms with E-state index in [1.807, 2.05) is 48.7 Å². The van der Waals surface area contributed by atoms with Gasteiger partial charge in [0.05, 0.1) is 17.1 Å². The van der Waals surface area contributed by atoms with Crippen LogP contribution in [0.1, 0.15) is 40.5 Å². The second-order valence-electron chi connectivity index (χ2n) is 9.69. The van der Waals surface area contributed by atoms with Crippen molar-refractivity contribution in [3.63, 3.8) is 0 Å². The minimum Gasteiger partial charge on any atom is -0.383 e. The molecule has 9 heteroatoms. The van der Waals surface area contributed by atoms with Gasteiger partial charge in [-0.3, -0.25) is 9.78 Å². The molecule has 0 spiro atoms. The Morgan fingerprint density at radius 3 is 2.76 bits per heavy atom. The summed E-state index contributed by atoms with van der Waals surface area (Å²) in [6, 6.07) is 18.0. The van der Waals surface area contributed by atoms with Crippen molar-refractivity contribution in [1.82, 2.24) is 24.9 Å². The molecule has 5 aromatic rings. The van der Waals surface area contributed by atoms with Crippen molar-refractivity contribution in [2.45, 2.75) is 31.6 Å². The van der Waals surface area contributed by atoms with Gasteiger partial charge < -0.3 is 16.5 Å². The number of fused-ring (bicyclic) bond motifs is 2. The quantitative estimate of drug-likeness (QED) is 0.297. The molecule has 190 valence electrons. The van der Waals surface area contributed by atoms with E-state index in [-0.39, 0.29) is 17.7 Å². The number of nitrogens with one attached hydrogen (secondary N) is 1. The number of imidazole rings is 1. The number of primary amides is 1. The number of H-pyrrole nitrogens is 1. The molecule has 8 nitrogen and oxygen atoms in total. The van der Waals surface area contributed by atoms with E-state index < -0.39 is 0 Å². The van der Waals surface area contributed by atoms with Gasteiger partial charge in [-0.2, -0.15) is 0 Å². The van der Waals surface area contributed by atoms with E-state index in [1.165, 1.54) is 6.33 Å². The van der Waals surface area contributed by atoms with E-state index >= 15 is 0 Å². The van der Waals surface area contributed by atoms with Crippen molar-refractivity contribution in [1.29, 1.82) is 0 Å². The first-order valence-electron chi connectivity index (χ1n) is 12.5. The van der Waals surface area contributed by atoms with Crippen LogP contribution >= 0.6 is 11.6 Å². The summed E-state index contributed by atoms with van der Waals surface area (Å²) in [7, 11) is 0. The van der Waals surface area contributed by atoms with Gasteiger partial charge in [0.2, 0.25) is 5.91 Å². The zero-order chi connectivity index (χ0) is 26.2. The zero-order valence-corrected chi connectivity index (χ0v) is 21.3. The van der Waals surface area contributed by atoms with E-state index in [9.17, 15) is 4.79 Å². The number of nitrogens with two attached hydrogens (primary N) is 2. The Morgan fingerprint density at radius 1 is 1.11 bits per heavy atom. The van der Waals surface area contributed by atoms with Crippen LogP contribution in [0.15, 0.2) is 67.1 Å². The molecule has 0 radical (unpaired) electrons. The molecule has 2 atom stereocenters. The lowest BCUT2D eigenvalue weighted by Crippen LogP contribution is -2.29. The van der Waals surface area contributed by atoms with Crippen LogP contribution in [0.25, 0.3) is 22.2 Å². The first-order valence-corrected chi connectivity index (χ1v) is 12.9. The lowest BCUT2D eigenvalue weighted by atomic mass is 9.80. The molecule has 6 rings (SSSR count). The number of amides is 1.